The Kier molecular flexibility index (Phi) is 4.47. The number of aromatic nitrogens is 3. The van der Waals surface area contributed by atoms with Gasteiger partial charge in [-0.1, -0.05) is 48.9 Å². The Hall–Kier alpha value is -1.68. The lowest BCUT2D eigenvalue weighted by atomic mass is 10.1. The Morgan fingerprint density at radius 1 is 1.22 bits per heavy atom. The lowest BCUT2D eigenvalue weighted by Gasteiger charge is -2.07. The largest absolute Gasteiger partial charge is 0.390 e. The molecule has 1 N–H and O–H groups in total. The minimum atomic E-state index is -0.0339. The second-order valence-corrected chi connectivity index (χ2v) is 4.39. The highest BCUT2D eigenvalue weighted by Crippen LogP contribution is 2.12. The third-order valence-corrected chi connectivity index (χ3v) is 3.01. The van der Waals surface area contributed by atoms with E-state index in [1.165, 1.54) is 5.56 Å². The van der Waals surface area contributed by atoms with Crippen LogP contribution in [0.2, 0.25) is 0 Å². The third-order valence-electron chi connectivity index (χ3n) is 3.01. The van der Waals surface area contributed by atoms with Crippen LogP contribution in [0.25, 0.3) is 0 Å². The molecule has 2 rings (SSSR count). The van der Waals surface area contributed by atoms with Crippen molar-refractivity contribution < 1.29 is 5.11 Å². The van der Waals surface area contributed by atoms with Gasteiger partial charge in [0.05, 0.1) is 18.8 Å². The highest BCUT2D eigenvalue weighted by Gasteiger charge is 2.11. The van der Waals surface area contributed by atoms with Gasteiger partial charge in [-0.3, -0.25) is 0 Å². The maximum atomic E-state index is 9.28. The lowest BCUT2D eigenvalue weighted by Crippen LogP contribution is -2.07. The number of hydrogen-bond donors (Lipinski definition) is 1. The summed E-state index contributed by atoms with van der Waals surface area (Å²) in [6.45, 7) is 2.84. The average Bonchev–Trinajstić information content (AvgIpc) is 2.79. The molecule has 0 amide bonds. The zero-order valence-electron chi connectivity index (χ0n) is 10.7. The molecule has 4 heteroatoms. The van der Waals surface area contributed by atoms with E-state index in [0.717, 1.165) is 25.0 Å². The van der Waals surface area contributed by atoms with E-state index in [2.05, 4.69) is 29.4 Å². The first-order chi connectivity index (χ1) is 8.85. The van der Waals surface area contributed by atoms with Gasteiger partial charge in [0.2, 0.25) is 0 Å². The molecule has 96 valence electrons. The molecular weight excluding hydrogens is 226 g/mol. The monoisotopic (exact) mass is 245 g/mol. The van der Waals surface area contributed by atoms with E-state index in [0.29, 0.717) is 12.2 Å². The van der Waals surface area contributed by atoms with Crippen molar-refractivity contribution in [3.05, 3.63) is 47.3 Å². The first-order valence-corrected chi connectivity index (χ1v) is 6.41. The number of rotatable bonds is 6. The molecule has 1 aromatic heterocycles. The normalized spacial score (nSPS) is 10.8. The maximum Gasteiger partial charge on any atom is 0.111 e. The minimum absolute atomic E-state index is 0.0339. The zero-order valence-corrected chi connectivity index (χ0v) is 10.7. The molecule has 0 unspecified atom stereocenters. The van der Waals surface area contributed by atoms with Crippen LogP contribution in [-0.2, 0) is 19.6 Å². The number of nitrogens with zero attached hydrogens (tertiary/aromatic N) is 3. The first kappa shape index (κ1) is 12.8. The van der Waals surface area contributed by atoms with Crippen LogP contribution in [0.3, 0.4) is 0 Å². The summed E-state index contributed by atoms with van der Waals surface area (Å²) in [6.07, 6.45) is 3.14. The van der Waals surface area contributed by atoms with E-state index in [9.17, 15) is 5.11 Å². The summed E-state index contributed by atoms with van der Waals surface area (Å²) in [5, 5.41) is 17.5. The highest BCUT2D eigenvalue weighted by atomic mass is 16.3. The summed E-state index contributed by atoms with van der Waals surface area (Å²) >= 11 is 0. The van der Waals surface area contributed by atoms with Crippen molar-refractivity contribution in [2.75, 3.05) is 0 Å². The Morgan fingerprint density at radius 2 is 2.00 bits per heavy atom. The fourth-order valence-electron chi connectivity index (χ4n) is 1.99. The molecule has 0 radical (unpaired) electrons. The molecule has 0 aliphatic carbocycles. The van der Waals surface area contributed by atoms with Crippen LogP contribution in [0, 0.1) is 0 Å². The second kappa shape index (κ2) is 6.31. The number of benzene rings is 1. The summed E-state index contributed by atoms with van der Waals surface area (Å²) in [5.41, 5.74) is 2.97. The van der Waals surface area contributed by atoms with Gasteiger partial charge in [0.15, 0.2) is 0 Å². The molecule has 0 aliphatic rings. The van der Waals surface area contributed by atoms with Crippen LogP contribution >= 0.6 is 0 Å². The summed E-state index contributed by atoms with van der Waals surface area (Å²) in [5.74, 6) is 0. The number of aliphatic hydroxyl groups excluding tert-OH is 1. The zero-order chi connectivity index (χ0) is 12.8. The van der Waals surface area contributed by atoms with E-state index in [4.69, 9.17) is 0 Å². The fraction of sp³-hybridized carbons (Fsp3) is 0.429. The van der Waals surface area contributed by atoms with Gasteiger partial charge in [-0.05, 0) is 18.4 Å². The minimum Gasteiger partial charge on any atom is -0.390 e. The Labute approximate surface area is 107 Å². The first-order valence-electron chi connectivity index (χ1n) is 6.41. The van der Waals surface area contributed by atoms with Crippen LogP contribution in [0.5, 0.6) is 0 Å². The van der Waals surface area contributed by atoms with E-state index in [-0.39, 0.29) is 6.61 Å². The maximum absolute atomic E-state index is 9.28. The number of unbranched alkanes of at least 4 members (excludes halogenated alkanes) is 1. The Bertz CT molecular complexity index is 479. The van der Waals surface area contributed by atoms with Crippen LogP contribution in [0.4, 0.5) is 0 Å². The molecule has 1 heterocycles. The van der Waals surface area contributed by atoms with Gasteiger partial charge in [-0.25, -0.2) is 4.68 Å². The molecule has 0 aliphatic heterocycles. The van der Waals surface area contributed by atoms with Gasteiger partial charge in [0, 0.05) is 0 Å². The van der Waals surface area contributed by atoms with Crippen molar-refractivity contribution in [3.63, 3.8) is 0 Å². The molecule has 0 spiro atoms. The quantitative estimate of drug-likeness (QED) is 0.848. The van der Waals surface area contributed by atoms with Crippen molar-refractivity contribution >= 4 is 0 Å². The van der Waals surface area contributed by atoms with Gasteiger partial charge in [0.1, 0.15) is 5.69 Å². The Morgan fingerprint density at radius 3 is 2.67 bits per heavy atom. The molecule has 0 saturated heterocycles. The number of aliphatic hydroxyl groups is 1. The third kappa shape index (κ3) is 2.96. The smallest absolute Gasteiger partial charge is 0.111 e. The highest BCUT2D eigenvalue weighted by molar-refractivity contribution is 5.17. The molecule has 0 fully saturated rings. The van der Waals surface area contributed by atoms with E-state index >= 15 is 0 Å². The van der Waals surface area contributed by atoms with Gasteiger partial charge >= 0.3 is 0 Å². The van der Waals surface area contributed by atoms with Crippen molar-refractivity contribution in [2.24, 2.45) is 0 Å². The predicted molar refractivity (Wildman–Crippen MR) is 70.1 cm³/mol. The predicted octanol–water partition coefficient (Wildman–Crippen LogP) is 2.16. The van der Waals surface area contributed by atoms with Crippen molar-refractivity contribution in [1.82, 2.24) is 15.0 Å². The summed E-state index contributed by atoms with van der Waals surface area (Å²) in [4.78, 5) is 0. The summed E-state index contributed by atoms with van der Waals surface area (Å²) in [6, 6.07) is 10.2. The van der Waals surface area contributed by atoms with E-state index in [1.807, 2.05) is 22.9 Å². The molecule has 2 aromatic rings. The van der Waals surface area contributed by atoms with Gasteiger partial charge in [-0.15, -0.1) is 5.10 Å². The van der Waals surface area contributed by atoms with Crippen molar-refractivity contribution in [2.45, 2.75) is 39.3 Å². The standard InChI is InChI=1S/C14H19N3O/c1-2-3-9-14-13(11-18)15-16-17(14)10-12-7-5-4-6-8-12/h4-8,18H,2-3,9-11H2,1H3. The van der Waals surface area contributed by atoms with Crippen molar-refractivity contribution in [3.8, 4) is 0 Å². The van der Waals surface area contributed by atoms with E-state index < -0.39 is 0 Å². The molecule has 0 saturated carbocycles. The molecule has 0 bridgehead atoms. The van der Waals surface area contributed by atoms with E-state index in [1.54, 1.807) is 0 Å². The molecule has 1 aromatic carbocycles. The van der Waals surface area contributed by atoms with Crippen LogP contribution in [0.1, 0.15) is 36.7 Å². The topological polar surface area (TPSA) is 50.9 Å². The van der Waals surface area contributed by atoms with Crippen molar-refractivity contribution in [1.29, 1.82) is 0 Å². The molecule has 18 heavy (non-hydrogen) atoms. The SMILES string of the molecule is CCCCc1c(CO)nnn1Cc1ccccc1. The Balaban J connectivity index is 2.19. The van der Waals surface area contributed by atoms with Gasteiger partial charge < -0.3 is 5.11 Å². The second-order valence-electron chi connectivity index (χ2n) is 4.39. The molecule has 0 atom stereocenters. The summed E-state index contributed by atoms with van der Waals surface area (Å²) in [7, 11) is 0. The molecular formula is C14H19N3O. The summed E-state index contributed by atoms with van der Waals surface area (Å²) < 4.78 is 1.90. The average molecular weight is 245 g/mol. The lowest BCUT2D eigenvalue weighted by molar-refractivity contribution is 0.275. The van der Waals surface area contributed by atoms with Gasteiger partial charge in [0.25, 0.3) is 0 Å². The number of hydrogen-bond acceptors (Lipinski definition) is 3. The van der Waals surface area contributed by atoms with Gasteiger partial charge in [-0.2, -0.15) is 0 Å². The van der Waals surface area contributed by atoms with Crippen LogP contribution in [-0.4, -0.2) is 20.1 Å². The van der Waals surface area contributed by atoms with Crippen LogP contribution in [0.15, 0.2) is 30.3 Å². The fourth-order valence-corrected chi connectivity index (χ4v) is 1.99. The molecule has 4 nitrogen and oxygen atoms in total. The van der Waals surface area contributed by atoms with Crippen LogP contribution < -0.4 is 0 Å².